The predicted molar refractivity (Wildman–Crippen MR) is 80.2 cm³/mol. The summed E-state index contributed by atoms with van der Waals surface area (Å²) in [5, 5.41) is 0. The van der Waals surface area contributed by atoms with Crippen molar-refractivity contribution in [3.05, 3.63) is 57.8 Å². The molecule has 1 aromatic carbocycles. The number of pyridine rings is 1. The molecular formula is C15H17BrN2O. The Morgan fingerprint density at radius 1 is 1.37 bits per heavy atom. The monoisotopic (exact) mass is 320 g/mol. The molecule has 0 aliphatic rings. The molecule has 0 saturated heterocycles. The van der Waals surface area contributed by atoms with Crippen LogP contribution in [0.15, 0.2) is 41.1 Å². The first-order chi connectivity index (χ1) is 9.20. The molecule has 0 aliphatic heterocycles. The van der Waals surface area contributed by atoms with Gasteiger partial charge in [-0.3, -0.25) is 4.98 Å². The minimum absolute atomic E-state index is 0.522. The number of benzene rings is 1. The summed E-state index contributed by atoms with van der Waals surface area (Å²) in [5.41, 5.74) is 8.96. The van der Waals surface area contributed by atoms with Crippen molar-refractivity contribution < 1.29 is 4.74 Å². The van der Waals surface area contributed by atoms with Crippen molar-refractivity contribution in [1.29, 1.82) is 0 Å². The van der Waals surface area contributed by atoms with E-state index >= 15 is 0 Å². The van der Waals surface area contributed by atoms with E-state index in [1.54, 1.807) is 6.20 Å². The molecule has 0 fully saturated rings. The van der Waals surface area contributed by atoms with Gasteiger partial charge in [-0.15, -0.1) is 0 Å². The van der Waals surface area contributed by atoms with Crippen molar-refractivity contribution in [1.82, 2.24) is 4.98 Å². The molecule has 2 aromatic rings. The van der Waals surface area contributed by atoms with Crippen LogP contribution in [0.1, 0.15) is 16.7 Å². The van der Waals surface area contributed by atoms with Gasteiger partial charge in [0.05, 0.1) is 0 Å². The number of hydrogen-bond donors (Lipinski definition) is 1. The third kappa shape index (κ3) is 3.78. The summed E-state index contributed by atoms with van der Waals surface area (Å²) in [6.07, 6.45) is 4.38. The van der Waals surface area contributed by atoms with E-state index in [9.17, 15) is 0 Å². The molecule has 0 bridgehead atoms. The summed E-state index contributed by atoms with van der Waals surface area (Å²) < 4.78 is 7.00. The summed E-state index contributed by atoms with van der Waals surface area (Å²) in [5.74, 6) is 0.928. The first-order valence-corrected chi connectivity index (χ1v) is 7.01. The molecule has 100 valence electrons. The highest BCUT2D eigenvalue weighted by Crippen LogP contribution is 2.29. The first-order valence-electron chi connectivity index (χ1n) is 6.21. The second kappa shape index (κ2) is 6.68. The van der Waals surface area contributed by atoms with E-state index in [-0.39, 0.29) is 0 Å². The second-order valence-corrected chi connectivity index (χ2v) is 5.32. The number of aromatic nitrogens is 1. The Morgan fingerprint density at radius 3 is 2.89 bits per heavy atom. The molecule has 2 rings (SSSR count). The van der Waals surface area contributed by atoms with E-state index in [0.29, 0.717) is 13.2 Å². The summed E-state index contributed by atoms with van der Waals surface area (Å²) >= 11 is 3.51. The lowest BCUT2D eigenvalue weighted by molar-refractivity contribution is 0.300. The predicted octanol–water partition coefficient (Wildman–Crippen LogP) is 3.23. The normalized spacial score (nSPS) is 10.5. The van der Waals surface area contributed by atoms with Crippen LogP contribution in [0, 0.1) is 6.92 Å². The van der Waals surface area contributed by atoms with Gasteiger partial charge in [0.15, 0.2) is 0 Å². The summed E-state index contributed by atoms with van der Waals surface area (Å²) in [7, 11) is 0. The number of aryl methyl sites for hydroxylation is 1. The van der Waals surface area contributed by atoms with E-state index in [2.05, 4.69) is 33.0 Å². The van der Waals surface area contributed by atoms with Gasteiger partial charge in [0, 0.05) is 22.4 Å². The highest BCUT2D eigenvalue weighted by molar-refractivity contribution is 9.10. The van der Waals surface area contributed by atoms with Gasteiger partial charge in [-0.2, -0.15) is 0 Å². The first kappa shape index (κ1) is 14.0. The van der Waals surface area contributed by atoms with Crippen LogP contribution in [-0.2, 0) is 13.0 Å². The number of rotatable bonds is 5. The van der Waals surface area contributed by atoms with Crippen LogP contribution < -0.4 is 10.5 Å². The van der Waals surface area contributed by atoms with Gasteiger partial charge in [-0.25, -0.2) is 0 Å². The molecule has 3 nitrogen and oxygen atoms in total. The Morgan fingerprint density at radius 2 is 2.21 bits per heavy atom. The summed E-state index contributed by atoms with van der Waals surface area (Å²) in [6, 6.07) is 8.04. The van der Waals surface area contributed by atoms with Crippen molar-refractivity contribution in [3.8, 4) is 5.75 Å². The smallest absolute Gasteiger partial charge is 0.126 e. The fraction of sp³-hybridized carbons (Fsp3) is 0.267. The van der Waals surface area contributed by atoms with E-state index in [4.69, 9.17) is 10.5 Å². The fourth-order valence-corrected chi connectivity index (χ4v) is 2.61. The Hall–Kier alpha value is -1.39. The lowest BCUT2D eigenvalue weighted by Gasteiger charge is -2.14. The molecule has 0 saturated carbocycles. The van der Waals surface area contributed by atoms with Crippen LogP contribution in [0.5, 0.6) is 5.75 Å². The van der Waals surface area contributed by atoms with E-state index < -0.39 is 0 Å². The SMILES string of the molecule is Cc1cc(Br)cc(CCN)c1OCc1cccnc1. The van der Waals surface area contributed by atoms with Gasteiger partial charge in [0.1, 0.15) is 12.4 Å². The highest BCUT2D eigenvalue weighted by Gasteiger charge is 2.09. The maximum absolute atomic E-state index is 5.95. The third-order valence-corrected chi connectivity index (χ3v) is 3.29. The molecule has 0 atom stereocenters. The van der Waals surface area contributed by atoms with Gasteiger partial charge in [0.2, 0.25) is 0 Å². The standard InChI is InChI=1S/C15H17BrN2O/c1-11-7-14(16)8-13(4-5-17)15(11)19-10-12-3-2-6-18-9-12/h2-3,6-9H,4-5,10,17H2,1H3. The maximum atomic E-state index is 5.95. The fourth-order valence-electron chi connectivity index (χ4n) is 1.99. The molecular weight excluding hydrogens is 304 g/mol. The largest absolute Gasteiger partial charge is 0.488 e. The third-order valence-electron chi connectivity index (χ3n) is 2.84. The molecule has 0 aliphatic carbocycles. The van der Waals surface area contributed by atoms with E-state index in [1.807, 2.05) is 25.3 Å². The average Bonchev–Trinajstić information content (AvgIpc) is 2.39. The van der Waals surface area contributed by atoms with E-state index in [1.165, 1.54) is 0 Å². The van der Waals surface area contributed by atoms with Crippen molar-refractivity contribution >= 4 is 15.9 Å². The van der Waals surface area contributed by atoms with Crippen molar-refractivity contribution in [3.63, 3.8) is 0 Å². The zero-order chi connectivity index (χ0) is 13.7. The summed E-state index contributed by atoms with van der Waals surface area (Å²) in [4.78, 5) is 4.08. The second-order valence-electron chi connectivity index (χ2n) is 4.40. The van der Waals surface area contributed by atoms with Gasteiger partial charge >= 0.3 is 0 Å². The molecule has 2 N–H and O–H groups in total. The average molecular weight is 321 g/mol. The Bertz CT molecular complexity index is 543. The Kier molecular flexibility index (Phi) is 4.93. The number of hydrogen-bond acceptors (Lipinski definition) is 3. The Labute approximate surface area is 121 Å². The zero-order valence-electron chi connectivity index (χ0n) is 10.9. The van der Waals surface area contributed by atoms with Crippen LogP contribution in [0.2, 0.25) is 0 Å². The van der Waals surface area contributed by atoms with E-state index in [0.717, 1.165) is 33.3 Å². The zero-order valence-corrected chi connectivity index (χ0v) is 12.5. The Balaban J connectivity index is 2.19. The van der Waals surface area contributed by atoms with Crippen LogP contribution in [0.4, 0.5) is 0 Å². The number of nitrogens with zero attached hydrogens (tertiary/aromatic N) is 1. The molecule has 0 radical (unpaired) electrons. The molecule has 1 heterocycles. The number of ether oxygens (including phenoxy) is 1. The van der Waals surface area contributed by atoms with Gasteiger partial charge < -0.3 is 10.5 Å². The number of nitrogens with two attached hydrogens (primary N) is 1. The minimum Gasteiger partial charge on any atom is -0.488 e. The van der Waals surface area contributed by atoms with Crippen LogP contribution in [0.25, 0.3) is 0 Å². The van der Waals surface area contributed by atoms with Crippen LogP contribution >= 0.6 is 15.9 Å². The topological polar surface area (TPSA) is 48.1 Å². The van der Waals surface area contributed by atoms with Gasteiger partial charge in [-0.05, 0) is 49.2 Å². The molecule has 0 spiro atoms. The molecule has 4 heteroatoms. The number of halogens is 1. The van der Waals surface area contributed by atoms with Gasteiger partial charge in [-0.1, -0.05) is 22.0 Å². The highest BCUT2D eigenvalue weighted by atomic mass is 79.9. The summed E-state index contributed by atoms with van der Waals surface area (Å²) in [6.45, 7) is 3.18. The van der Waals surface area contributed by atoms with Crippen LogP contribution in [0.3, 0.4) is 0 Å². The lowest BCUT2D eigenvalue weighted by atomic mass is 10.1. The van der Waals surface area contributed by atoms with Crippen molar-refractivity contribution in [2.45, 2.75) is 20.0 Å². The maximum Gasteiger partial charge on any atom is 0.126 e. The van der Waals surface area contributed by atoms with Crippen molar-refractivity contribution in [2.24, 2.45) is 5.73 Å². The van der Waals surface area contributed by atoms with Gasteiger partial charge in [0.25, 0.3) is 0 Å². The van der Waals surface area contributed by atoms with Crippen molar-refractivity contribution in [2.75, 3.05) is 6.54 Å². The quantitative estimate of drug-likeness (QED) is 0.920. The lowest BCUT2D eigenvalue weighted by Crippen LogP contribution is -2.07. The molecule has 1 aromatic heterocycles. The molecule has 19 heavy (non-hydrogen) atoms. The van der Waals surface area contributed by atoms with Crippen LogP contribution in [-0.4, -0.2) is 11.5 Å². The minimum atomic E-state index is 0.522. The molecule has 0 amide bonds. The molecule has 0 unspecified atom stereocenters.